The van der Waals surface area contributed by atoms with Crippen LogP contribution in [0.4, 0.5) is 0 Å². The lowest BCUT2D eigenvalue weighted by molar-refractivity contribution is -0.121. The van der Waals surface area contributed by atoms with Crippen molar-refractivity contribution < 1.29 is 4.79 Å². The van der Waals surface area contributed by atoms with Crippen LogP contribution in [-0.4, -0.2) is 11.8 Å². The monoisotopic (exact) mass is 239 g/mol. The highest BCUT2D eigenvalue weighted by molar-refractivity contribution is 6.17. The molecular formula is C13H18ClNO. The van der Waals surface area contributed by atoms with Crippen molar-refractivity contribution in [2.45, 2.75) is 32.7 Å². The first-order valence-corrected chi connectivity index (χ1v) is 6.09. The largest absolute Gasteiger partial charge is 0.350 e. The van der Waals surface area contributed by atoms with Crippen LogP contribution in [0.1, 0.15) is 36.9 Å². The Balaban J connectivity index is 2.48. The van der Waals surface area contributed by atoms with Crippen molar-refractivity contribution in [2.75, 3.05) is 5.88 Å². The van der Waals surface area contributed by atoms with Gasteiger partial charge in [0.1, 0.15) is 0 Å². The Morgan fingerprint density at radius 3 is 2.56 bits per heavy atom. The number of nitrogens with one attached hydrogen (secondary N) is 1. The quantitative estimate of drug-likeness (QED) is 0.786. The summed E-state index contributed by atoms with van der Waals surface area (Å²) in [5.41, 5.74) is 2.36. The van der Waals surface area contributed by atoms with Gasteiger partial charge in [0.2, 0.25) is 5.91 Å². The second kappa shape index (κ2) is 6.54. The lowest BCUT2D eigenvalue weighted by Crippen LogP contribution is -2.26. The van der Waals surface area contributed by atoms with E-state index in [1.54, 1.807) is 0 Å². The molecule has 0 radical (unpaired) electrons. The lowest BCUT2D eigenvalue weighted by atomic mass is 10.1. The molecule has 0 heterocycles. The van der Waals surface area contributed by atoms with Gasteiger partial charge in [-0.05, 0) is 25.8 Å². The van der Waals surface area contributed by atoms with E-state index in [-0.39, 0.29) is 11.9 Å². The molecule has 0 aliphatic heterocycles. The molecule has 0 aliphatic carbocycles. The first kappa shape index (κ1) is 13.0. The topological polar surface area (TPSA) is 29.1 Å². The van der Waals surface area contributed by atoms with E-state index in [0.29, 0.717) is 12.3 Å². The Hall–Kier alpha value is -1.02. The number of benzene rings is 1. The summed E-state index contributed by atoms with van der Waals surface area (Å²) in [5, 5.41) is 2.95. The van der Waals surface area contributed by atoms with Crippen LogP contribution >= 0.6 is 11.6 Å². The molecule has 1 N–H and O–H groups in total. The van der Waals surface area contributed by atoms with Gasteiger partial charge in [-0.3, -0.25) is 4.79 Å². The van der Waals surface area contributed by atoms with Crippen molar-refractivity contribution >= 4 is 17.5 Å². The second-order valence-electron chi connectivity index (χ2n) is 3.99. The van der Waals surface area contributed by atoms with E-state index in [0.717, 1.165) is 12.0 Å². The second-order valence-corrected chi connectivity index (χ2v) is 4.37. The molecule has 16 heavy (non-hydrogen) atoms. The number of hydrogen-bond acceptors (Lipinski definition) is 1. The summed E-state index contributed by atoms with van der Waals surface area (Å²) in [4.78, 5) is 11.5. The fraction of sp³-hybridized carbons (Fsp3) is 0.462. The molecule has 1 atom stereocenters. The highest BCUT2D eigenvalue weighted by Gasteiger charge is 2.08. The normalized spacial score (nSPS) is 12.2. The van der Waals surface area contributed by atoms with E-state index < -0.39 is 0 Å². The summed E-state index contributed by atoms with van der Waals surface area (Å²) in [6.07, 6.45) is 1.23. The van der Waals surface area contributed by atoms with Crippen LogP contribution < -0.4 is 5.32 Å². The van der Waals surface area contributed by atoms with Crippen LogP contribution in [0.2, 0.25) is 0 Å². The number of alkyl halides is 1. The molecule has 2 nitrogen and oxygen atoms in total. The van der Waals surface area contributed by atoms with Gasteiger partial charge in [-0.15, -0.1) is 11.6 Å². The third-order valence-corrected chi connectivity index (χ3v) is 2.76. The van der Waals surface area contributed by atoms with Crippen LogP contribution in [0.15, 0.2) is 24.3 Å². The highest BCUT2D eigenvalue weighted by Crippen LogP contribution is 2.13. The Morgan fingerprint density at radius 1 is 1.38 bits per heavy atom. The molecule has 0 fully saturated rings. The van der Waals surface area contributed by atoms with Crippen LogP contribution in [-0.2, 0) is 4.79 Å². The molecule has 1 amide bonds. The van der Waals surface area contributed by atoms with E-state index in [1.165, 1.54) is 5.56 Å². The molecule has 0 bridgehead atoms. The first-order chi connectivity index (χ1) is 7.63. The van der Waals surface area contributed by atoms with Gasteiger partial charge in [-0.1, -0.05) is 29.8 Å². The number of rotatable bonds is 5. The number of amides is 1. The van der Waals surface area contributed by atoms with Crippen molar-refractivity contribution in [3.8, 4) is 0 Å². The van der Waals surface area contributed by atoms with Crippen molar-refractivity contribution in [1.82, 2.24) is 5.32 Å². The predicted molar refractivity (Wildman–Crippen MR) is 67.7 cm³/mol. The van der Waals surface area contributed by atoms with Gasteiger partial charge in [-0.25, -0.2) is 0 Å². The Bertz CT molecular complexity index is 334. The van der Waals surface area contributed by atoms with Gasteiger partial charge in [0, 0.05) is 12.3 Å². The molecule has 3 heteroatoms. The molecular weight excluding hydrogens is 222 g/mol. The standard InChI is InChI=1S/C13H18ClNO/c1-10-5-7-12(8-6-10)11(2)15-13(16)4-3-9-14/h5-8,11H,3-4,9H2,1-2H3,(H,15,16)/t11-/m0/s1. The van der Waals surface area contributed by atoms with E-state index in [2.05, 4.69) is 17.4 Å². The molecule has 0 saturated carbocycles. The summed E-state index contributed by atoms with van der Waals surface area (Å²) in [7, 11) is 0. The van der Waals surface area contributed by atoms with Crippen molar-refractivity contribution in [1.29, 1.82) is 0 Å². The van der Waals surface area contributed by atoms with Gasteiger partial charge in [0.25, 0.3) is 0 Å². The summed E-state index contributed by atoms with van der Waals surface area (Å²) < 4.78 is 0. The fourth-order valence-corrected chi connectivity index (χ4v) is 1.61. The zero-order valence-corrected chi connectivity index (χ0v) is 10.6. The average Bonchev–Trinajstić information content (AvgIpc) is 2.27. The number of hydrogen-bond donors (Lipinski definition) is 1. The summed E-state index contributed by atoms with van der Waals surface area (Å²) in [6.45, 7) is 4.04. The van der Waals surface area contributed by atoms with E-state index in [1.807, 2.05) is 26.0 Å². The van der Waals surface area contributed by atoms with Gasteiger partial charge in [0.15, 0.2) is 0 Å². The minimum atomic E-state index is 0.0587. The average molecular weight is 240 g/mol. The van der Waals surface area contributed by atoms with Crippen molar-refractivity contribution in [3.05, 3.63) is 35.4 Å². The SMILES string of the molecule is Cc1ccc([C@H](C)NC(=O)CCCCl)cc1. The van der Waals surface area contributed by atoms with Gasteiger partial charge in [-0.2, -0.15) is 0 Å². The predicted octanol–water partition coefficient (Wildman–Crippen LogP) is 3.19. The summed E-state index contributed by atoms with van der Waals surface area (Å²) in [6, 6.07) is 8.25. The van der Waals surface area contributed by atoms with E-state index in [4.69, 9.17) is 11.6 Å². The van der Waals surface area contributed by atoms with Gasteiger partial charge >= 0.3 is 0 Å². The molecule has 1 aromatic rings. The Labute approximate surface area is 102 Å². The fourth-order valence-electron chi connectivity index (χ4n) is 1.48. The lowest BCUT2D eigenvalue weighted by Gasteiger charge is -2.14. The molecule has 1 aromatic carbocycles. The van der Waals surface area contributed by atoms with Crippen LogP contribution in [0, 0.1) is 6.92 Å². The maximum Gasteiger partial charge on any atom is 0.220 e. The number of carbonyl (C=O) groups excluding carboxylic acids is 1. The Morgan fingerprint density at radius 2 is 2.00 bits per heavy atom. The summed E-state index contributed by atoms with van der Waals surface area (Å²) in [5.74, 6) is 0.598. The molecule has 0 saturated heterocycles. The van der Waals surface area contributed by atoms with E-state index >= 15 is 0 Å². The number of carbonyl (C=O) groups is 1. The van der Waals surface area contributed by atoms with Crippen LogP contribution in [0.25, 0.3) is 0 Å². The molecule has 0 unspecified atom stereocenters. The Kier molecular flexibility index (Phi) is 5.33. The zero-order valence-electron chi connectivity index (χ0n) is 9.79. The third-order valence-electron chi connectivity index (χ3n) is 2.49. The van der Waals surface area contributed by atoms with Crippen molar-refractivity contribution in [2.24, 2.45) is 0 Å². The number of aryl methyl sites for hydroxylation is 1. The smallest absolute Gasteiger partial charge is 0.220 e. The van der Waals surface area contributed by atoms with Gasteiger partial charge in [0.05, 0.1) is 6.04 Å². The maximum absolute atomic E-state index is 11.5. The summed E-state index contributed by atoms with van der Waals surface area (Å²) >= 11 is 5.54. The molecule has 0 spiro atoms. The van der Waals surface area contributed by atoms with Crippen molar-refractivity contribution in [3.63, 3.8) is 0 Å². The van der Waals surface area contributed by atoms with E-state index in [9.17, 15) is 4.79 Å². The zero-order chi connectivity index (χ0) is 12.0. The minimum absolute atomic E-state index is 0.0587. The first-order valence-electron chi connectivity index (χ1n) is 5.55. The molecule has 1 rings (SSSR count). The number of halogens is 1. The maximum atomic E-state index is 11.5. The minimum Gasteiger partial charge on any atom is -0.350 e. The molecule has 88 valence electrons. The third kappa shape index (κ3) is 4.23. The highest BCUT2D eigenvalue weighted by atomic mass is 35.5. The van der Waals surface area contributed by atoms with Gasteiger partial charge < -0.3 is 5.32 Å². The molecule has 0 aliphatic rings. The van der Waals surface area contributed by atoms with Crippen LogP contribution in [0.5, 0.6) is 0 Å². The van der Waals surface area contributed by atoms with Crippen LogP contribution in [0.3, 0.4) is 0 Å². The molecule has 0 aromatic heterocycles.